The summed E-state index contributed by atoms with van der Waals surface area (Å²) in [7, 11) is 0. The maximum Gasteiger partial charge on any atom is 0.326 e. The Morgan fingerprint density at radius 3 is 2.08 bits per heavy atom. The number of benzene rings is 2. The van der Waals surface area contributed by atoms with Crippen molar-refractivity contribution in [2.24, 2.45) is 5.92 Å². The molecule has 10 heteroatoms. The first kappa shape index (κ1) is 26.6. The third-order valence-corrected chi connectivity index (χ3v) is 5.93. The van der Waals surface area contributed by atoms with Gasteiger partial charge >= 0.3 is 5.97 Å². The van der Waals surface area contributed by atoms with Crippen molar-refractivity contribution in [1.82, 2.24) is 20.7 Å². The molecule has 0 aromatic heterocycles. The van der Waals surface area contributed by atoms with Crippen LogP contribution < -0.4 is 10.6 Å². The van der Waals surface area contributed by atoms with Crippen molar-refractivity contribution >= 4 is 30.0 Å². The lowest BCUT2D eigenvalue weighted by atomic mass is 10.0. The Bertz CT molecular complexity index is 1100. The monoisotopic (exact) mass is 494 g/mol. The van der Waals surface area contributed by atoms with E-state index in [0.29, 0.717) is 24.9 Å². The molecule has 1 aliphatic rings. The third kappa shape index (κ3) is 6.54. The van der Waals surface area contributed by atoms with Crippen molar-refractivity contribution in [3.8, 4) is 0 Å². The normalized spacial score (nSPS) is 14.4. The first-order chi connectivity index (χ1) is 17.2. The number of carboxylic acid groups (broad SMARTS) is 1. The number of nitrogens with one attached hydrogen (secondary N) is 2. The van der Waals surface area contributed by atoms with Crippen molar-refractivity contribution in [2.45, 2.75) is 45.4 Å². The average molecular weight is 495 g/mol. The molecule has 3 amide bonds. The number of fused-ring (bicyclic) bond motifs is 1. The van der Waals surface area contributed by atoms with Crippen molar-refractivity contribution in [1.29, 1.82) is 0 Å². The van der Waals surface area contributed by atoms with Crippen LogP contribution in [0.15, 0.2) is 54.6 Å². The van der Waals surface area contributed by atoms with Crippen LogP contribution in [0.3, 0.4) is 0 Å². The SMILES string of the molecule is CC(C)[C@H](NC(=O)c1ccccc1)C(=O)N(CC(=O)N[C@@H](CC=O)C(=O)O)N1Cc2ccccc2C1. The molecule has 1 aliphatic heterocycles. The molecule has 0 spiro atoms. The van der Waals surface area contributed by atoms with E-state index in [1.807, 2.05) is 24.3 Å². The molecule has 2 aromatic rings. The van der Waals surface area contributed by atoms with Gasteiger partial charge in [-0.3, -0.25) is 19.4 Å². The van der Waals surface area contributed by atoms with E-state index in [1.165, 1.54) is 5.01 Å². The van der Waals surface area contributed by atoms with Gasteiger partial charge in [0.15, 0.2) is 0 Å². The molecule has 10 nitrogen and oxygen atoms in total. The molecule has 0 unspecified atom stereocenters. The third-order valence-electron chi connectivity index (χ3n) is 5.93. The second kappa shape index (κ2) is 12.1. The molecule has 0 fully saturated rings. The molecule has 36 heavy (non-hydrogen) atoms. The molecule has 0 aliphatic carbocycles. The second-order valence-electron chi connectivity index (χ2n) is 8.91. The predicted molar refractivity (Wildman–Crippen MR) is 130 cm³/mol. The molecular formula is C26H30N4O6. The zero-order valence-corrected chi connectivity index (χ0v) is 20.2. The van der Waals surface area contributed by atoms with Gasteiger partial charge < -0.3 is 20.5 Å². The standard InChI is InChI=1S/C26H30N4O6/c1-17(2)23(28-24(33)18-8-4-3-5-9-18)25(34)30(16-22(32)27-21(12-13-31)26(35)36)29-14-19-10-6-7-11-20(19)15-29/h3-11,13,17,21,23H,12,14-16H2,1-2H3,(H,27,32)(H,28,33)(H,35,36)/t21-,23-/m0/s1. The summed E-state index contributed by atoms with van der Waals surface area (Å²) in [6.07, 6.45) is 0.0128. The van der Waals surface area contributed by atoms with E-state index in [-0.39, 0.29) is 5.92 Å². The second-order valence-corrected chi connectivity index (χ2v) is 8.91. The highest BCUT2D eigenvalue weighted by Gasteiger charge is 2.36. The van der Waals surface area contributed by atoms with Gasteiger partial charge in [0.2, 0.25) is 5.91 Å². The van der Waals surface area contributed by atoms with Crippen LogP contribution in [0.25, 0.3) is 0 Å². The van der Waals surface area contributed by atoms with Crippen LogP contribution in [-0.2, 0) is 32.3 Å². The Labute approximate surface area is 209 Å². The number of aliphatic carboxylic acids is 1. The van der Waals surface area contributed by atoms with Crippen LogP contribution in [0.1, 0.15) is 41.8 Å². The number of carbonyl (C=O) groups excluding carboxylic acids is 4. The summed E-state index contributed by atoms with van der Waals surface area (Å²) in [5.74, 6) is -3.31. The Balaban J connectivity index is 1.84. The summed E-state index contributed by atoms with van der Waals surface area (Å²) in [6.45, 7) is 3.83. The minimum Gasteiger partial charge on any atom is -0.480 e. The molecule has 2 aromatic carbocycles. The van der Waals surface area contributed by atoms with Crippen LogP contribution in [-0.4, -0.2) is 63.7 Å². The molecule has 1 heterocycles. The fraction of sp³-hybridized carbons (Fsp3) is 0.346. The number of nitrogens with zero attached hydrogens (tertiary/aromatic N) is 2. The van der Waals surface area contributed by atoms with Gasteiger partial charge in [-0.2, -0.15) is 0 Å². The van der Waals surface area contributed by atoms with Gasteiger partial charge in [-0.05, 0) is 29.2 Å². The van der Waals surface area contributed by atoms with Crippen molar-refractivity contribution in [3.05, 3.63) is 71.3 Å². The van der Waals surface area contributed by atoms with Gasteiger partial charge in [0.25, 0.3) is 11.8 Å². The van der Waals surface area contributed by atoms with E-state index in [1.54, 1.807) is 49.2 Å². The Morgan fingerprint density at radius 2 is 1.56 bits per heavy atom. The molecule has 3 N–H and O–H groups in total. The molecule has 0 saturated heterocycles. The van der Waals surface area contributed by atoms with Gasteiger partial charge in [-0.15, -0.1) is 0 Å². The number of aldehydes is 1. The maximum atomic E-state index is 13.8. The highest BCUT2D eigenvalue weighted by molar-refractivity contribution is 5.98. The van der Waals surface area contributed by atoms with E-state index in [4.69, 9.17) is 0 Å². The molecule has 2 atom stereocenters. The number of rotatable bonds is 11. The number of hydrogen-bond acceptors (Lipinski definition) is 6. The lowest BCUT2D eigenvalue weighted by Gasteiger charge is -2.35. The summed E-state index contributed by atoms with van der Waals surface area (Å²) in [6, 6.07) is 13.8. The summed E-state index contributed by atoms with van der Waals surface area (Å²) < 4.78 is 0. The first-order valence-corrected chi connectivity index (χ1v) is 11.7. The molecular weight excluding hydrogens is 464 g/mol. The molecule has 0 radical (unpaired) electrons. The smallest absolute Gasteiger partial charge is 0.326 e. The topological polar surface area (TPSA) is 136 Å². The summed E-state index contributed by atoms with van der Waals surface area (Å²) in [5.41, 5.74) is 2.39. The zero-order chi connectivity index (χ0) is 26.2. The Morgan fingerprint density at radius 1 is 0.972 bits per heavy atom. The van der Waals surface area contributed by atoms with Gasteiger partial charge in [0, 0.05) is 25.1 Å². The van der Waals surface area contributed by atoms with Crippen molar-refractivity contribution in [3.63, 3.8) is 0 Å². The van der Waals surface area contributed by atoms with Crippen LogP contribution in [0, 0.1) is 5.92 Å². The number of carboxylic acids is 1. The zero-order valence-electron chi connectivity index (χ0n) is 20.2. The van der Waals surface area contributed by atoms with Gasteiger partial charge in [-0.25, -0.2) is 9.80 Å². The number of carbonyl (C=O) groups is 5. The minimum absolute atomic E-state index is 0.303. The van der Waals surface area contributed by atoms with E-state index in [9.17, 15) is 29.1 Å². The fourth-order valence-corrected chi connectivity index (χ4v) is 3.99. The number of amides is 3. The lowest BCUT2D eigenvalue weighted by Crippen LogP contribution is -2.58. The van der Waals surface area contributed by atoms with E-state index in [2.05, 4.69) is 10.6 Å². The van der Waals surface area contributed by atoms with Gasteiger partial charge in [0.1, 0.15) is 24.9 Å². The van der Waals surface area contributed by atoms with E-state index < -0.39 is 48.7 Å². The van der Waals surface area contributed by atoms with E-state index in [0.717, 1.165) is 11.1 Å². The highest BCUT2D eigenvalue weighted by Crippen LogP contribution is 2.25. The summed E-state index contributed by atoms with van der Waals surface area (Å²) >= 11 is 0. The summed E-state index contributed by atoms with van der Waals surface area (Å²) in [5, 5.41) is 17.3. The van der Waals surface area contributed by atoms with Crippen LogP contribution >= 0.6 is 0 Å². The highest BCUT2D eigenvalue weighted by atomic mass is 16.4. The minimum atomic E-state index is -1.40. The Kier molecular flexibility index (Phi) is 8.91. The van der Waals surface area contributed by atoms with Crippen molar-refractivity contribution < 1.29 is 29.1 Å². The molecule has 0 saturated carbocycles. The first-order valence-electron chi connectivity index (χ1n) is 11.7. The van der Waals surface area contributed by atoms with Crippen LogP contribution in [0.5, 0.6) is 0 Å². The lowest BCUT2D eigenvalue weighted by molar-refractivity contribution is -0.158. The Hall–Kier alpha value is -4.05. The molecule has 0 bridgehead atoms. The average Bonchev–Trinajstić information content (AvgIpc) is 3.29. The summed E-state index contributed by atoms with van der Waals surface area (Å²) in [4.78, 5) is 61.6. The number of hydrogen-bond donors (Lipinski definition) is 3. The van der Waals surface area contributed by atoms with Gasteiger partial charge in [0.05, 0.1) is 0 Å². The quantitative estimate of drug-likeness (QED) is 0.401. The largest absolute Gasteiger partial charge is 0.480 e. The number of hydrazine groups is 1. The molecule has 190 valence electrons. The van der Waals surface area contributed by atoms with Crippen LogP contribution in [0.2, 0.25) is 0 Å². The van der Waals surface area contributed by atoms with E-state index >= 15 is 0 Å². The predicted octanol–water partition coefficient (Wildman–Crippen LogP) is 1.36. The van der Waals surface area contributed by atoms with Crippen molar-refractivity contribution in [2.75, 3.05) is 6.54 Å². The van der Waals surface area contributed by atoms with Gasteiger partial charge in [-0.1, -0.05) is 56.3 Å². The fourth-order valence-electron chi connectivity index (χ4n) is 3.99. The maximum absolute atomic E-state index is 13.8. The van der Waals surface area contributed by atoms with Crippen LogP contribution in [0.4, 0.5) is 0 Å². The molecule has 3 rings (SSSR count).